The number of halogens is 1. The molecule has 0 aliphatic carbocycles. The summed E-state index contributed by atoms with van der Waals surface area (Å²) in [6.07, 6.45) is 1.77. The van der Waals surface area contributed by atoms with Crippen LogP contribution in [0.3, 0.4) is 0 Å². The van der Waals surface area contributed by atoms with Gasteiger partial charge in [0.15, 0.2) is 0 Å². The van der Waals surface area contributed by atoms with E-state index in [0.717, 1.165) is 5.69 Å². The first kappa shape index (κ1) is 21.5. The highest BCUT2D eigenvalue weighted by atomic mass is 19.1. The van der Waals surface area contributed by atoms with Gasteiger partial charge in [-0.1, -0.05) is 12.1 Å². The van der Waals surface area contributed by atoms with Gasteiger partial charge in [-0.25, -0.2) is 4.39 Å². The number of amides is 2. The summed E-state index contributed by atoms with van der Waals surface area (Å²) in [5, 5.41) is 10.1. The Morgan fingerprint density at radius 2 is 2.16 bits per heavy atom. The van der Waals surface area contributed by atoms with Gasteiger partial charge in [-0.05, 0) is 31.0 Å². The molecule has 1 aromatic heterocycles. The molecule has 2 fully saturated rings. The minimum atomic E-state index is -0.687. The molecule has 2 N–H and O–H groups in total. The first-order valence-corrected chi connectivity index (χ1v) is 10.4. The SMILES string of the molecule is Cc1ccc(CNC(=O)[C@@]23COC[C@@H]2CN(CC(=O)Nc2cn(C)nc2C)C3)cc1F. The third-order valence-electron chi connectivity index (χ3n) is 6.24. The third kappa shape index (κ3) is 4.33. The van der Waals surface area contributed by atoms with Crippen LogP contribution in [-0.4, -0.2) is 59.3 Å². The van der Waals surface area contributed by atoms with Crippen molar-refractivity contribution in [2.75, 3.05) is 38.2 Å². The second-order valence-corrected chi connectivity index (χ2v) is 8.65. The van der Waals surface area contributed by atoms with Gasteiger partial charge in [0, 0.05) is 38.8 Å². The maximum absolute atomic E-state index is 13.8. The Morgan fingerprint density at radius 3 is 2.87 bits per heavy atom. The van der Waals surface area contributed by atoms with E-state index in [9.17, 15) is 14.0 Å². The number of fused-ring (bicyclic) bond motifs is 1. The van der Waals surface area contributed by atoms with E-state index in [-0.39, 0.29) is 36.6 Å². The summed E-state index contributed by atoms with van der Waals surface area (Å²) in [7, 11) is 1.80. The third-order valence-corrected chi connectivity index (χ3v) is 6.24. The second kappa shape index (κ2) is 8.39. The highest BCUT2D eigenvalue weighted by Gasteiger charge is 2.55. The van der Waals surface area contributed by atoms with E-state index in [2.05, 4.69) is 15.7 Å². The van der Waals surface area contributed by atoms with E-state index in [1.165, 1.54) is 6.07 Å². The molecule has 0 radical (unpaired) electrons. The van der Waals surface area contributed by atoms with Crippen molar-refractivity contribution in [1.82, 2.24) is 20.0 Å². The number of benzene rings is 1. The van der Waals surface area contributed by atoms with Crippen LogP contribution in [0.5, 0.6) is 0 Å². The molecule has 2 aliphatic heterocycles. The summed E-state index contributed by atoms with van der Waals surface area (Å²) < 4.78 is 21.1. The van der Waals surface area contributed by atoms with Gasteiger partial charge in [-0.2, -0.15) is 5.10 Å². The molecule has 3 heterocycles. The molecule has 2 saturated heterocycles. The highest BCUT2D eigenvalue weighted by Crippen LogP contribution is 2.41. The molecule has 2 amide bonds. The van der Waals surface area contributed by atoms with Gasteiger partial charge in [0.2, 0.25) is 11.8 Å². The van der Waals surface area contributed by atoms with Gasteiger partial charge in [0.1, 0.15) is 5.82 Å². The summed E-state index contributed by atoms with van der Waals surface area (Å²) in [6.45, 7) is 5.88. The molecule has 4 rings (SSSR count). The predicted octanol–water partition coefficient (Wildman–Crippen LogP) is 1.38. The molecule has 31 heavy (non-hydrogen) atoms. The van der Waals surface area contributed by atoms with Gasteiger partial charge < -0.3 is 15.4 Å². The summed E-state index contributed by atoms with van der Waals surface area (Å²) >= 11 is 0. The first-order chi connectivity index (χ1) is 14.8. The molecule has 1 aromatic carbocycles. The van der Waals surface area contributed by atoms with Crippen LogP contribution in [0, 0.1) is 31.0 Å². The van der Waals surface area contributed by atoms with Crippen LogP contribution in [0.4, 0.5) is 10.1 Å². The number of likely N-dealkylation sites (tertiary alicyclic amines) is 1. The first-order valence-electron chi connectivity index (χ1n) is 10.4. The van der Waals surface area contributed by atoms with Crippen molar-refractivity contribution in [3.05, 3.63) is 47.0 Å². The lowest BCUT2D eigenvalue weighted by molar-refractivity contribution is -0.132. The van der Waals surface area contributed by atoms with Crippen molar-refractivity contribution in [2.24, 2.45) is 18.4 Å². The normalized spacial score (nSPS) is 23.0. The number of nitrogens with one attached hydrogen (secondary N) is 2. The van der Waals surface area contributed by atoms with E-state index < -0.39 is 5.41 Å². The molecule has 8 nitrogen and oxygen atoms in total. The number of hydrogen-bond donors (Lipinski definition) is 2. The van der Waals surface area contributed by atoms with Crippen LogP contribution in [0.2, 0.25) is 0 Å². The number of carbonyl (C=O) groups excluding carboxylic acids is 2. The van der Waals surface area contributed by atoms with Crippen molar-refractivity contribution >= 4 is 17.5 Å². The second-order valence-electron chi connectivity index (χ2n) is 8.65. The Balaban J connectivity index is 1.37. The molecule has 0 bridgehead atoms. The van der Waals surface area contributed by atoms with Gasteiger partial charge >= 0.3 is 0 Å². The summed E-state index contributed by atoms with van der Waals surface area (Å²) in [5.74, 6) is -0.506. The number of ether oxygens (including phenoxy) is 1. The molecule has 2 atom stereocenters. The molecule has 2 aliphatic rings. The van der Waals surface area contributed by atoms with Gasteiger partial charge in [-0.3, -0.25) is 19.2 Å². The van der Waals surface area contributed by atoms with Crippen LogP contribution >= 0.6 is 0 Å². The largest absolute Gasteiger partial charge is 0.380 e. The van der Waals surface area contributed by atoms with Crippen LogP contribution < -0.4 is 10.6 Å². The maximum Gasteiger partial charge on any atom is 0.238 e. The van der Waals surface area contributed by atoms with Crippen molar-refractivity contribution in [2.45, 2.75) is 20.4 Å². The topological polar surface area (TPSA) is 88.5 Å². The fourth-order valence-electron chi connectivity index (χ4n) is 4.50. The Hall–Kier alpha value is -2.78. The minimum Gasteiger partial charge on any atom is -0.380 e. The Labute approximate surface area is 180 Å². The van der Waals surface area contributed by atoms with Crippen LogP contribution in [0.25, 0.3) is 0 Å². The zero-order valence-electron chi connectivity index (χ0n) is 18.1. The average molecular weight is 429 g/mol. The summed E-state index contributed by atoms with van der Waals surface area (Å²) in [6, 6.07) is 4.96. The summed E-state index contributed by atoms with van der Waals surface area (Å²) in [4.78, 5) is 27.7. The van der Waals surface area contributed by atoms with Crippen molar-refractivity contribution < 1.29 is 18.7 Å². The lowest BCUT2D eigenvalue weighted by Crippen LogP contribution is -2.46. The van der Waals surface area contributed by atoms with Gasteiger partial charge in [0.25, 0.3) is 0 Å². The van der Waals surface area contributed by atoms with E-state index in [0.29, 0.717) is 43.1 Å². The molecular weight excluding hydrogens is 401 g/mol. The molecule has 9 heteroatoms. The standard InChI is InChI=1S/C22H28FN5O3/c1-14-4-5-16(6-18(14)23)7-24-21(30)22-12-28(8-17(22)11-31-13-22)10-20(29)25-19-9-27(3)26-15(19)2/h4-6,9,17H,7-8,10-13H2,1-3H3,(H,24,30)(H,25,29)/t17-,22-/m0/s1. The van der Waals surface area contributed by atoms with Crippen LogP contribution in [-0.2, 0) is 27.9 Å². The van der Waals surface area contributed by atoms with E-state index in [4.69, 9.17) is 4.74 Å². The predicted molar refractivity (Wildman–Crippen MR) is 113 cm³/mol. The fourth-order valence-corrected chi connectivity index (χ4v) is 4.50. The number of aryl methyl sites for hydroxylation is 3. The van der Waals surface area contributed by atoms with Crippen molar-refractivity contribution in [3.8, 4) is 0 Å². The van der Waals surface area contributed by atoms with Crippen LogP contribution in [0.1, 0.15) is 16.8 Å². The highest BCUT2D eigenvalue weighted by molar-refractivity contribution is 5.93. The van der Waals surface area contributed by atoms with E-state index in [1.54, 1.807) is 30.9 Å². The molecule has 2 aromatic rings. The van der Waals surface area contributed by atoms with E-state index in [1.807, 2.05) is 17.9 Å². The zero-order valence-corrected chi connectivity index (χ0v) is 18.1. The Bertz CT molecular complexity index is 1010. The molecule has 0 unspecified atom stereocenters. The fraction of sp³-hybridized carbons (Fsp3) is 0.500. The number of aromatic nitrogens is 2. The Kier molecular flexibility index (Phi) is 5.81. The van der Waals surface area contributed by atoms with Crippen molar-refractivity contribution in [1.29, 1.82) is 0 Å². The van der Waals surface area contributed by atoms with Gasteiger partial charge in [-0.15, -0.1) is 0 Å². The number of anilines is 1. The van der Waals surface area contributed by atoms with Gasteiger partial charge in [0.05, 0.1) is 36.6 Å². The number of carbonyl (C=O) groups is 2. The monoisotopic (exact) mass is 429 g/mol. The lowest BCUT2D eigenvalue weighted by Gasteiger charge is -2.26. The number of nitrogens with zero attached hydrogens (tertiary/aromatic N) is 3. The Morgan fingerprint density at radius 1 is 1.35 bits per heavy atom. The average Bonchev–Trinajstić information content (AvgIpc) is 3.35. The molecule has 166 valence electrons. The maximum atomic E-state index is 13.8. The van der Waals surface area contributed by atoms with Crippen molar-refractivity contribution in [3.63, 3.8) is 0 Å². The smallest absolute Gasteiger partial charge is 0.238 e. The lowest BCUT2D eigenvalue weighted by atomic mass is 9.80. The quantitative estimate of drug-likeness (QED) is 0.724. The molecular formula is C22H28FN5O3. The van der Waals surface area contributed by atoms with Crippen LogP contribution in [0.15, 0.2) is 24.4 Å². The number of rotatable bonds is 6. The summed E-state index contributed by atoms with van der Waals surface area (Å²) in [5.41, 5.74) is 2.04. The number of hydrogen-bond acceptors (Lipinski definition) is 5. The molecule has 0 saturated carbocycles. The minimum absolute atomic E-state index is 0.0233. The molecule has 0 spiro atoms. The van der Waals surface area contributed by atoms with E-state index >= 15 is 0 Å². The zero-order chi connectivity index (χ0) is 22.2.